The second-order valence-corrected chi connectivity index (χ2v) is 8.19. The van der Waals surface area contributed by atoms with Crippen LogP contribution >= 0.6 is 34.5 Å². The number of nitrogens with zero attached hydrogens (tertiary/aromatic N) is 6. The smallest absolute Gasteiger partial charge is 0.277 e. The SMILES string of the molecule is C=CCN(C(=O)c1nc2nc(C)cc(C)n2n1)c1nc(-c2ccc(Cl)c(Cl)c2)cs1. The van der Waals surface area contributed by atoms with E-state index in [1.54, 1.807) is 22.7 Å². The van der Waals surface area contributed by atoms with Gasteiger partial charge in [-0.05, 0) is 32.0 Å². The number of rotatable bonds is 5. The van der Waals surface area contributed by atoms with Crippen molar-refractivity contribution in [2.45, 2.75) is 13.8 Å². The number of hydrogen-bond acceptors (Lipinski definition) is 6. The molecule has 0 fully saturated rings. The molecule has 0 aliphatic rings. The maximum absolute atomic E-state index is 13.2. The Balaban J connectivity index is 1.69. The first-order chi connectivity index (χ1) is 14.4. The highest BCUT2D eigenvalue weighted by molar-refractivity contribution is 7.14. The van der Waals surface area contributed by atoms with Crippen LogP contribution in [0.5, 0.6) is 0 Å². The van der Waals surface area contributed by atoms with Crippen LogP contribution in [0.4, 0.5) is 5.13 Å². The molecule has 0 N–H and O–H groups in total. The van der Waals surface area contributed by atoms with Crippen LogP contribution in [-0.4, -0.2) is 37.0 Å². The van der Waals surface area contributed by atoms with Gasteiger partial charge in [0.15, 0.2) is 5.13 Å². The van der Waals surface area contributed by atoms with Crippen molar-refractivity contribution in [3.05, 3.63) is 69.6 Å². The number of aromatic nitrogens is 5. The van der Waals surface area contributed by atoms with Gasteiger partial charge in [0, 0.05) is 28.9 Å². The molecule has 0 radical (unpaired) electrons. The Bertz CT molecular complexity index is 1280. The average molecular weight is 459 g/mol. The summed E-state index contributed by atoms with van der Waals surface area (Å²) in [6, 6.07) is 7.15. The first-order valence-corrected chi connectivity index (χ1v) is 10.6. The van der Waals surface area contributed by atoms with Gasteiger partial charge in [0.2, 0.25) is 5.82 Å². The molecule has 0 saturated carbocycles. The molecule has 152 valence electrons. The minimum Gasteiger partial charge on any atom is -0.277 e. The predicted molar refractivity (Wildman–Crippen MR) is 120 cm³/mol. The lowest BCUT2D eigenvalue weighted by Gasteiger charge is -2.15. The van der Waals surface area contributed by atoms with Crippen LogP contribution in [0, 0.1) is 13.8 Å². The number of anilines is 1. The first-order valence-electron chi connectivity index (χ1n) is 8.92. The Morgan fingerprint density at radius 2 is 2.00 bits per heavy atom. The van der Waals surface area contributed by atoms with E-state index < -0.39 is 0 Å². The zero-order valence-corrected chi connectivity index (χ0v) is 18.5. The molecule has 4 rings (SSSR count). The summed E-state index contributed by atoms with van der Waals surface area (Å²) in [5.74, 6) is 0.0434. The summed E-state index contributed by atoms with van der Waals surface area (Å²) < 4.78 is 1.55. The molecule has 30 heavy (non-hydrogen) atoms. The van der Waals surface area contributed by atoms with E-state index in [4.69, 9.17) is 23.2 Å². The Morgan fingerprint density at radius 1 is 1.20 bits per heavy atom. The Kier molecular flexibility index (Phi) is 5.55. The highest BCUT2D eigenvalue weighted by Crippen LogP contribution is 2.32. The van der Waals surface area contributed by atoms with Crippen molar-refractivity contribution in [3.63, 3.8) is 0 Å². The number of thiazole rings is 1. The van der Waals surface area contributed by atoms with Crippen LogP contribution in [0.15, 0.2) is 42.3 Å². The fraction of sp³-hybridized carbons (Fsp3) is 0.150. The molecule has 3 heterocycles. The zero-order valence-electron chi connectivity index (χ0n) is 16.1. The van der Waals surface area contributed by atoms with E-state index >= 15 is 0 Å². The van der Waals surface area contributed by atoms with Gasteiger partial charge in [-0.25, -0.2) is 14.5 Å². The second kappa shape index (κ2) is 8.14. The second-order valence-electron chi connectivity index (χ2n) is 6.53. The van der Waals surface area contributed by atoms with E-state index in [1.165, 1.54) is 16.2 Å². The molecule has 0 atom stereocenters. The van der Waals surface area contributed by atoms with Crippen molar-refractivity contribution in [2.24, 2.45) is 0 Å². The van der Waals surface area contributed by atoms with Crippen molar-refractivity contribution in [3.8, 4) is 11.3 Å². The van der Waals surface area contributed by atoms with Crippen molar-refractivity contribution < 1.29 is 4.79 Å². The third-order valence-electron chi connectivity index (χ3n) is 4.30. The summed E-state index contributed by atoms with van der Waals surface area (Å²) >= 11 is 13.4. The van der Waals surface area contributed by atoms with Crippen LogP contribution in [-0.2, 0) is 0 Å². The third-order valence-corrected chi connectivity index (χ3v) is 5.91. The van der Waals surface area contributed by atoms with Crippen LogP contribution in [0.1, 0.15) is 22.0 Å². The lowest BCUT2D eigenvalue weighted by atomic mass is 10.2. The molecule has 0 aliphatic heterocycles. The normalized spacial score (nSPS) is 11.1. The van der Waals surface area contributed by atoms with E-state index in [1.807, 2.05) is 31.4 Å². The minimum atomic E-state index is -0.382. The molecule has 1 aromatic carbocycles. The van der Waals surface area contributed by atoms with E-state index in [-0.39, 0.29) is 18.3 Å². The third kappa shape index (κ3) is 3.81. The van der Waals surface area contributed by atoms with Crippen LogP contribution in [0.25, 0.3) is 17.0 Å². The summed E-state index contributed by atoms with van der Waals surface area (Å²) in [5.41, 5.74) is 3.14. The largest absolute Gasteiger partial charge is 0.300 e. The standard InChI is InChI=1S/C20H16Cl2N6OS/c1-4-7-27(18(29)17-25-19-23-11(2)8-12(3)28(19)26-17)20-24-16(10-30-20)13-5-6-14(21)15(22)9-13/h4-6,8-10H,1,7H2,2-3H3. The molecular weight excluding hydrogens is 443 g/mol. The first kappa shape index (κ1) is 20.5. The molecular formula is C20H16Cl2N6OS. The molecule has 3 aromatic heterocycles. The summed E-state index contributed by atoms with van der Waals surface area (Å²) in [4.78, 5) is 27.9. The van der Waals surface area contributed by atoms with Gasteiger partial charge < -0.3 is 0 Å². The number of benzene rings is 1. The quantitative estimate of drug-likeness (QED) is 0.393. The average Bonchev–Trinajstić information content (AvgIpc) is 3.35. The van der Waals surface area contributed by atoms with E-state index in [9.17, 15) is 4.79 Å². The van der Waals surface area contributed by atoms with Crippen molar-refractivity contribution in [2.75, 3.05) is 11.4 Å². The molecule has 0 saturated heterocycles. The number of amides is 1. The van der Waals surface area contributed by atoms with Crippen molar-refractivity contribution in [1.29, 1.82) is 0 Å². The van der Waals surface area contributed by atoms with Gasteiger partial charge in [0.1, 0.15) is 0 Å². The Morgan fingerprint density at radius 3 is 2.73 bits per heavy atom. The maximum atomic E-state index is 13.2. The monoisotopic (exact) mass is 458 g/mol. The number of halogens is 2. The molecule has 0 aliphatic carbocycles. The molecule has 1 amide bonds. The summed E-state index contributed by atoms with van der Waals surface area (Å²) in [6.07, 6.45) is 1.63. The van der Waals surface area contributed by atoms with Crippen LogP contribution in [0.3, 0.4) is 0 Å². The number of hydrogen-bond donors (Lipinski definition) is 0. The number of carbonyl (C=O) groups excluding carboxylic acids is 1. The maximum Gasteiger partial charge on any atom is 0.300 e. The number of aryl methyl sites for hydroxylation is 2. The van der Waals surface area contributed by atoms with Gasteiger partial charge in [-0.2, -0.15) is 4.98 Å². The molecule has 7 nitrogen and oxygen atoms in total. The van der Waals surface area contributed by atoms with Crippen molar-refractivity contribution >= 4 is 51.4 Å². The van der Waals surface area contributed by atoms with Gasteiger partial charge >= 0.3 is 0 Å². The molecule has 10 heteroatoms. The predicted octanol–water partition coefficient (Wildman–Crippen LogP) is 5.00. The Hall–Kier alpha value is -2.81. The highest BCUT2D eigenvalue weighted by atomic mass is 35.5. The molecule has 0 bridgehead atoms. The van der Waals surface area contributed by atoms with E-state index in [2.05, 4.69) is 26.6 Å². The van der Waals surface area contributed by atoms with Gasteiger partial charge in [-0.15, -0.1) is 23.0 Å². The van der Waals surface area contributed by atoms with Gasteiger partial charge in [-0.3, -0.25) is 9.69 Å². The van der Waals surface area contributed by atoms with Gasteiger partial charge in [-0.1, -0.05) is 35.3 Å². The molecule has 0 unspecified atom stereocenters. The summed E-state index contributed by atoms with van der Waals surface area (Å²) in [5, 5.41) is 7.59. The van der Waals surface area contributed by atoms with Crippen LogP contribution < -0.4 is 4.90 Å². The van der Waals surface area contributed by atoms with Crippen molar-refractivity contribution in [1.82, 2.24) is 24.6 Å². The Labute approximate surface area is 186 Å². The lowest BCUT2D eigenvalue weighted by Crippen LogP contribution is -2.32. The lowest BCUT2D eigenvalue weighted by molar-refractivity contribution is 0.0980. The topological polar surface area (TPSA) is 76.3 Å². The summed E-state index contributed by atoms with van der Waals surface area (Å²) in [6.45, 7) is 7.76. The van der Waals surface area contributed by atoms with Gasteiger partial charge in [0.25, 0.3) is 11.7 Å². The van der Waals surface area contributed by atoms with Crippen LogP contribution in [0.2, 0.25) is 10.0 Å². The zero-order chi connectivity index (χ0) is 21.4. The highest BCUT2D eigenvalue weighted by Gasteiger charge is 2.24. The van der Waals surface area contributed by atoms with Gasteiger partial charge in [0.05, 0.1) is 15.7 Å². The minimum absolute atomic E-state index is 0.0457. The number of fused-ring (bicyclic) bond motifs is 1. The molecule has 0 spiro atoms. The molecule has 4 aromatic rings. The fourth-order valence-electron chi connectivity index (χ4n) is 2.93. The summed E-state index contributed by atoms with van der Waals surface area (Å²) in [7, 11) is 0. The fourth-order valence-corrected chi connectivity index (χ4v) is 4.07. The number of carbonyl (C=O) groups is 1. The van der Waals surface area contributed by atoms with E-state index in [0.717, 1.165) is 17.0 Å². The van der Waals surface area contributed by atoms with E-state index in [0.29, 0.717) is 26.6 Å².